The highest BCUT2D eigenvalue weighted by Crippen LogP contribution is 2.45. The van der Waals surface area contributed by atoms with E-state index in [0.29, 0.717) is 12.4 Å². The van der Waals surface area contributed by atoms with Gasteiger partial charge in [-0.05, 0) is 44.8 Å². The van der Waals surface area contributed by atoms with Crippen LogP contribution in [0.2, 0.25) is 0 Å². The highest BCUT2D eigenvalue weighted by molar-refractivity contribution is 5.86. The lowest BCUT2D eigenvalue weighted by Gasteiger charge is -2.42. The summed E-state index contributed by atoms with van der Waals surface area (Å²) in [5.74, 6) is -2.16. The van der Waals surface area contributed by atoms with E-state index in [1.165, 1.54) is 6.33 Å². The van der Waals surface area contributed by atoms with Crippen molar-refractivity contribution in [3.63, 3.8) is 0 Å². The molecule has 2 aromatic rings. The van der Waals surface area contributed by atoms with Gasteiger partial charge in [-0.15, -0.1) is 0 Å². The molecule has 5 heterocycles. The standard InChI is InChI=1S/C19H26F2N6O/c20-19(21)10-18(4-6-23-7-5-18)26(11-19)9-13-1-2-15(28-13)27-8-3-14-16(22)24-12-25-17(14)27/h3,8,12-13,15,23H,1-2,4-7,9-11H2,(H2,22,24,25). The van der Waals surface area contributed by atoms with Crippen LogP contribution >= 0.6 is 0 Å². The van der Waals surface area contributed by atoms with Crippen molar-refractivity contribution in [1.29, 1.82) is 0 Å². The molecule has 152 valence electrons. The number of fused-ring (bicyclic) bond motifs is 1. The lowest BCUT2D eigenvalue weighted by Crippen LogP contribution is -2.52. The number of piperidine rings is 1. The topological polar surface area (TPSA) is 81.2 Å². The minimum absolute atomic E-state index is 0.0315. The summed E-state index contributed by atoms with van der Waals surface area (Å²) in [5, 5.41) is 4.10. The van der Waals surface area contributed by atoms with E-state index in [4.69, 9.17) is 10.5 Å². The fourth-order valence-corrected chi connectivity index (χ4v) is 5.23. The summed E-state index contributed by atoms with van der Waals surface area (Å²) < 4.78 is 36.8. The number of nitrogens with zero attached hydrogens (tertiary/aromatic N) is 4. The van der Waals surface area contributed by atoms with Gasteiger partial charge in [0.25, 0.3) is 5.92 Å². The zero-order chi connectivity index (χ0) is 19.4. The number of alkyl halides is 2. The minimum Gasteiger partial charge on any atom is -0.383 e. The van der Waals surface area contributed by atoms with Crippen molar-refractivity contribution in [2.45, 2.75) is 55.9 Å². The summed E-state index contributed by atoms with van der Waals surface area (Å²) in [6, 6.07) is 1.90. The lowest BCUT2D eigenvalue weighted by molar-refractivity contribution is -0.0309. The van der Waals surface area contributed by atoms with Crippen LogP contribution < -0.4 is 11.1 Å². The van der Waals surface area contributed by atoms with Crippen molar-refractivity contribution in [1.82, 2.24) is 24.8 Å². The fourth-order valence-electron chi connectivity index (χ4n) is 5.23. The average molecular weight is 392 g/mol. The number of halogens is 2. The maximum absolute atomic E-state index is 14.3. The molecule has 3 fully saturated rings. The number of aromatic nitrogens is 3. The molecule has 3 aliphatic heterocycles. The lowest BCUT2D eigenvalue weighted by atomic mass is 9.85. The van der Waals surface area contributed by atoms with Crippen LogP contribution in [-0.4, -0.2) is 63.2 Å². The molecule has 2 unspecified atom stereocenters. The summed E-state index contributed by atoms with van der Waals surface area (Å²) in [7, 11) is 0. The van der Waals surface area contributed by atoms with Gasteiger partial charge in [0.1, 0.15) is 24.0 Å². The molecule has 9 heteroatoms. The van der Waals surface area contributed by atoms with E-state index in [1.807, 2.05) is 21.7 Å². The Balaban J connectivity index is 1.31. The third kappa shape index (κ3) is 3.05. The molecule has 3 saturated heterocycles. The molecule has 2 atom stereocenters. The molecule has 2 aromatic heterocycles. The zero-order valence-electron chi connectivity index (χ0n) is 15.8. The highest BCUT2D eigenvalue weighted by Gasteiger charge is 2.55. The smallest absolute Gasteiger partial charge is 0.262 e. The van der Waals surface area contributed by atoms with Gasteiger partial charge >= 0.3 is 0 Å². The predicted molar refractivity (Wildman–Crippen MR) is 101 cm³/mol. The molecule has 3 aliphatic rings. The maximum Gasteiger partial charge on any atom is 0.262 e. The molecule has 28 heavy (non-hydrogen) atoms. The van der Waals surface area contributed by atoms with Crippen molar-refractivity contribution < 1.29 is 13.5 Å². The number of rotatable bonds is 3. The van der Waals surface area contributed by atoms with Gasteiger partial charge in [-0.2, -0.15) is 0 Å². The second-order valence-corrected chi connectivity index (χ2v) is 8.40. The molecular weight excluding hydrogens is 366 g/mol. The number of nitrogens with one attached hydrogen (secondary N) is 1. The third-order valence-corrected chi connectivity index (χ3v) is 6.57. The van der Waals surface area contributed by atoms with Gasteiger partial charge in [-0.3, -0.25) is 4.90 Å². The van der Waals surface area contributed by atoms with Crippen LogP contribution in [0.1, 0.15) is 38.3 Å². The van der Waals surface area contributed by atoms with Crippen LogP contribution in [0.3, 0.4) is 0 Å². The van der Waals surface area contributed by atoms with Gasteiger partial charge in [0.05, 0.1) is 18.0 Å². The Morgan fingerprint density at radius 3 is 2.89 bits per heavy atom. The van der Waals surface area contributed by atoms with E-state index in [-0.39, 0.29) is 25.3 Å². The number of likely N-dealkylation sites (tertiary alicyclic amines) is 1. The van der Waals surface area contributed by atoms with Crippen molar-refractivity contribution in [2.75, 3.05) is 31.9 Å². The Labute approximate surface area is 162 Å². The Bertz CT molecular complexity index is 865. The van der Waals surface area contributed by atoms with E-state index in [1.54, 1.807) is 0 Å². The summed E-state index contributed by atoms with van der Waals surface area (Å²) in [4.78, 5) is 10.4. The molecule has 0 radical (unpaired) electrons. The van der Waals surface area contributed by atoms with Crippen molar-refractivity contribution in [3.8, 4) is 0 Å². The van der Waals surface area contributed by atoms with Crippen LogP contribution in [-0.2, 0) is 4.74 Å². The Kier molecular flexibility index (Phi) is 4.29. The Morgan fingerprint density at radius 1 is 1.25 bits per heavy atom. The normalized spacial score (nSPS) is 29.8. The van der Waals surface area contributed by atoms with Gasteiger partial charge < -0.3 is 20.4 Å². The molecule has 0 saturated carbocycles. The Hall–Kier alpha value is -1.84. The number of hydrogen-bond acceptors (Lipinski definition) is 6. The first-order valence-electron chi connectivity index (χ1n) is 10.0. The van der Waals surface area contributed by atoms with Crippen LogP contribution in [0.25, 0.3) is 11.0 Å². The number of nitrogens with two attached hydrogens (primary N) is 1. The quantitative estimate of drug-likeness (QED) is 0.833. The van der Waals surface area contributed by atoms with E-state index in [2.05, 4.69) is 15.3 Å². The summed E-state index contributed by atoms with van der Waals surface area (Å²) >= 11 is 0. The number of nitrogen functional groups attached to an aromatic ring is 1. The van der Waals surface area contributed by atoms with E-state index >= 15 is 0 Å². The second kappa shape index (κ2) is 6.60. The first-order valence-corrected chi connectivity index (χ1v) is 10.0. The molecule has 0 aromatic carbocycles. The number of anilines is 1. The van der Waals surface area contributed by atoms with Crippen LogP contribution in [0.15, 0.2) is 18.6 Å². The van der Waals surface area contributed by atoms with Crippen molar-refractivity contribution in [3.05, 3.63) is 18.6 Å². The van der Waals surface area contributed by atoms with Crippen LogP contribution in [0, 0.1) is 0 Å². The van der Waals surface area contributed by atoms with Crippen molar-refractivity contribution in [2.24, 2.45) is 0 Å². The SMILES string of the molecule is Nc1ncnc2c1ccn2C1CCC(CN2CC(F)(F)CC23CCNCC3)O1. The molecule has 5 rings (SSSR count). The van der Waals surface area contributed by atoms with Gasteiger partial charge in [-0.1, -0.05) is 0 Å². The largest absolute Gasteiger partial charge is 0.383 e. The molecule has 3 N–H and O–H groups in total. The first kappa shape index (κ1) is 18.2. The van der Waals surface area contributed by atoms with Gasteiger partial charge in [-0.25, -0.2) is 18.7 Å². The summed E-state index contributed by atoms with van der Waals surface area (Å²) in [6.45, 7) is 2.00. The van der Waals surface area contributed by atoms with E-state index < -0.39 is 11.5 Å². The van der Waals surface area contributed by atoms with Crippen LogP contribution in [0.4, 0.5) is 14.6 Å². The van der Waals surface area contributed by atoms with Gasteiger partial charge in [0.2, 0.25) is 0 Å². The molecule has 7 nitrogen and oxygen atoms in total. The fraction of sp³-hybridized carbons (Fsp3) is 0.684. The van der Waals surface area contributed by atoms with Gasteiger partial charge in [0, 0.05) is 24.7 Å². The van der Waals surface area contributed by atoms with Crippen molar-refractivity contribution >= 4 is 16.9 Å². The van der Waals surface area contributed by atoms with E-state index in [0.717, 1.165) is 49.8 Å². The van der Waals surface area contributed by atoms with Gasteiger partial charge in [0.15, 0.2) is 0 Å². The number of hydrogen-bond donors (Lipinski definition) is 2. The monoisotopic (exact) mass is 392 g/mol. The number of ether oxygens (including phenoxy) is 1. The molecule has 0 amide bonds. The summed E-state index contributed by atoms with van der Waals surface area (Å²) in [6.07, 6.45) is 6.36. The predicted octanol–water partition coefficient (Wildman–Crippen LogP) is 2.15. The van der Waals surface area contributed by atoms with E-state index in [9.17, 15) is 8.78 Å². The molecule has 0 bridgehead atoms. The first-order chi connectivity index (χ1) is 13.5. The second-order valence-electron chi connectivity index (χ2n) is 8.40. The highest BCUT2D eigenvalue weighted by atomic mass is 19.3. The zero-order valence-corrected chi connectivity index (χ0v) is 15.8. The molecule has 1 spiro atoms. The maximum atomic E-state index is 14.3. The molecular formula is C19H26F2N6O. The molecule has 0 aliphatic carbocycles. The third-order valence-electron chi connectivity index (χ3n) is 6.57. The Morgan fingerprint density at radius 2 is 2.07 bits per heavy atom. The average Bonchev–Trinajstić information content (AvgIpc) is 3.33. The minimum atomic E-state index is -2.61. The summed E-state index contributed by atoms with van der Waals surface area (Å²) in [5.41, 5.74) is 6.28. The van der Waals surface area contributed by atoms with Crippen LogP contribution in [0.5, 0.6) is 0 Å².